The van der Waals surface area contributed by atoms with Gasteiger partial charge >= 0.3 is 5.97 Å². The summed E-state index contributed by atoms with van der Waals surface area (Å²) >= 11 is 0. The van der Waals surface area contributed by atoms with Crippen molar-refractivity contribution in [3.63, 3.8) is 0 Å². The van der Waals surface area contributed by atoms with E-state index in [4.69, 9.17) is 14.2 Å². The van der Waals surface area contributed by atoms with Crippen LogP contribution in [-0.2, 0) is 29.0 Å². The molecular formula is C27H33N3O6. The monoisotopic (exact) mass is 495 g/mol. The summed E-state index contributed by atoms with van der Waals surface area (Å²) < 4.78 is 18.5. The highest BCUT2D eigenvalue weighted by Crippen LogP contribution is 2.27. The predicted molar refractivity (Wildman–Crippen MR) is 134 cm³/mol. The fourth-order valence-electron chi connectivity index (χ4n) is 4.83. The molecule has 2 aliphatic rings. The van der Waals surface area contributed by atoms with E-state index in [9.17, 15) is 14.4 Å². The first-order valence-corrected chi connectivity index (χ1v) is 12.2. The minimum Gasteiger partial charge on any atom is -0.492 e. The second-order valence-corrected chi connectivity index (χ2v) is 9.20. The number of hydrogen-bond acceptors (Lipinski definition) is 7. The number of benzene rings is 1. The van der Waals surface area contributed by atoms with E-state index in [-0.39, 0.29) is 35.3 Å². The minimum absolute atomic E-state index is 0.00781. The number of pyridine rings is 1. The maximum Gasteiger partial charge on any atom is 0.343 e. The molecule has 9 nitrogen and oxygen atoms in total. The quantitative estimate of drug-likeness (QED) is 0.389. The smallest absolute Gasteiger partial charge is 0.343 e. The van der Waals surface area contributed by atoms with E-state index in [1.165, 1.54) is 13.2 Å². The summed E-state index contributed by atoms with van der Waals surface area (Å²) in [6, 6.07) is 9.24. The molecule has 0 spiro atoms. The van der Waals surface area contributed by atoms with Crippen LogP contribution in [0.25, 0.3) is 0 Å². The van der Waals surface area contributed by atoms with Gasteiger partial charge in [-0.1, -0.05) is 30.9 Å². The Kier molecular flexibility index (Phi) is 8.10. The molecule has 1 fully saturated rings. The van der Waals surface area contributed by atoms with Crippen molar-refractivity contribution in [1.29, 1.82) is 0 Å². The number of amides is 1. The first-order chi connectivity index (χ1) is 17.4. The Morgan fingerprint density at radius 1 is 1.14 bits per heavy atom. The number of ether oxygens (including phenoxy) is 3. The number of carbonyl (C=O) groups excluding carboxylic acids is 2. The highest BCUT2D eigenvalue weighted by atomic mass is 16.5. The van der Waals surface area contributed by atoms with Crippen molar-refractivity contribution in [2.24, 2.45) is 5.92 Å². The van der Waals surface area contributed by atoms with E-state index in [2.05, 4.69) is 11.5 Å². The fourth-order valence-corrected chi connectivity index (χ4v) is 4.83. The van der Waals surface area contributed by atoms with E-state index in [1.807, 2.05) is 24.3 Å². The summed E-state index contributed by atoms with van der Waals surface area (Å²) in [5, 5.41) is 0. The van der Waals surface area contributed by atoms with Crippen molar-refractivity contribution in [1.82, 2.24) is 14.4 Å². The Morgan fingerprint density at radius 3 is 2.67 bits per heavy atom. The highest BCUT2D eigenvalue weighted by molar-refractivity contribution is 5.93. The lowest BCUT2D eigenvalue weighted by atomic mass is 10.1. The first kappa shape index (κ1) is 25.5. The number of methoxy groups -OCH3 is 1. The lowest BCUT2D eigenvalue weighted by Crippen LogP contribution is -2.29. The summed E-state index contributed by atoms with van der Waals surface area (Å²) in [6.07, 6.45) is 2.58. The van der Waals surface area contributed by atoms with Gasteiger partial charge in [0.25, 0.3) is 5.56 Å². The Hall–Kier alpha value is -3.59. The van der Waals surface area contributed by atoms with Gasteiger partial charge in [0.05, 0.1) is 13.7 Å². The van der Waals surface area contributed by atoms with Crippen molar-refractivity contribution >= 4 is 11.9 Å². The number of carbonyl (C=O) groups is 2. The molecule has 2 aromatic rings. The van der Waals surface area contributed by atoms with Gasteiger partial charge in [-0.3, -0.25) is 14.5 Å². The zero-order chi connectivity index (χ0) is 25.7. The third-order valence-corrected chi connectivity index (χ3v) is 6.69. The molecule has 4 rings (SSSR count). The van der Waals surface area contributed by atoms with Crippen LogP contribution in [0.15, 0.2) is 47.8 Å². The van der Waals surface area contributed by atoms with Crippen LogP contribution in [-0.4, -0.2) is 73.2 Å². The summed E-state index contributed by atoms with van der Waals surface area (Å²) in [5.41, 5.74) is 1.73. The zero-order valence-corrected chi connectivity index (χ0v) is 20.9. The van der Waals surface area contributed by atoms with Gasteiger partial charge in [-0.15, -0.1) is 0 Å². The topological polar surface area (TPSA) is 90.3 Å². The molecule has 0 saturated carbocycles. The molecule has 9 heteroatoms. The number of nitrogens with zero attached hydrogens (tertiary/aromatic N) is 3. The summed E-state index contributed by atoms with van der Waals surface area (Å²) in [5.74, 6) is 0.559. The Bertz CT molecular complexity index is 1190. The molecule has 36 heavy (non-hydrogen) atoms. The van der Waals surface area contributed by atoms with Gasteiger partial charge in [-0.25, -0.2) is 4.79 Å². The number of hydrogen-bond donors (Lipinski definition) is 0. The lowest BCUT2D eigenvalue weighted by molar-refractivity contribution is -0.126. The van der Waals surface area contributed by atoms with E-state index >= 15 is 0 Å². The van der Waals surface area contributed by atoms with Crippen molar-refractivity contribution in [2.75, 3.05) is 47.0 Å². The molecule has 1 aromatic heterocycles. The maximum absolute atomic E-state index is 13.1. The van der Waals surface area contributed by atoms with Crippen LogP contribution in [0.3, 0.4) is 0 Å². The van der Waals surface area contributed by atoms with E-state index in [0.29, 0.717) is 57.9 Å². The molecule has 1 saturated heterocycles. The largest absolute Gasteiger partial charge is 0.492 e. The Balaban J connectivity index is 1.55. The van der Waals surface area contributed by atoms with Gasteiger partial charge in [0.1, 0.15) is 23.7 Å². The van der Waals surface area contributed by atoms with Crippen LogP contribution in [0.4, 0.5) is 0 Å². The molecule has 1 amide bonds. The molecule has 2 aliphatic heterocycles. The van der Waals surface area contributed by atoms with Gasteiger partial charge in [0.2, 0.25) is 5.91 Å². The Morgan fingerprint density at radius 2 is 1.94 bits per heavy atom. The number of para-hydroxylation sites is 1. The molecule has 1 atom stereocenters. The maximum atomic E-state index is 13.1. The van der Waals surface area contributed by atoms with E-state index < -0.39 is 5.97 Å². The summed E-state index contributed by atoms with van der Waals surface area (Å²) in [6.45, 7) is 7.34. The van der Waals surface area contributed by atoms with Crippen molar-refractivity contribution < 1.29 is 23.8 Å². The SMILES string of the molecule is C=CCOc1ccccc1CN1CCc2c(C(=O)OC)c(OCC3CC(=O)N(C)C3)cc(=O)n2CC1. The van der Waals surface area contributed by atoms with Gasteiger partial charge in [-0.05, 0) is 6.07 Å². The standard InChI is InChI=1S/C27H33N3O6/c1-4-13-35-22-8-6-5-7-20(22)17-29-10-9-21-26(27(33)34-3)23(15-25(32)30(21)12-11-29)36-18-19-14-24(31)28(2)16-19/h4-8,15,19H,1,9-14,16-18H2,2-3H3. The average molecular weight is 496 g/mol. The summed E-state index contributed by atoms with van der Waals surface area (Å²) in [7, 11) is 3.08. The molecule has 1 unspecified atom stereocenters. The zero-order valence-electron chi connectivity index (χ0n) is 20.9. The molecular weight excluding hydrogens is 462 g/mol. The normalized spacial score (nSPS) is 17.9. The van der Waals surface area contributed by atoms with E-state index in [1.54, 1.807) is 22.6 Å². The van der Waals surface area contributed by atoms with Crippen LogP contribution in [0.1, 0.15) is 28.0 Å². The van der Waals surface area contributed by atoms with Gasteiger partial charge < -0.3 is 23.7 Å². The van der Waals surface area contributed by atoms with Crippen LogP contribution in [0.2, 0.25) is 0 Å². The molecule has 192 valence electrons. The highest BCUT2D eigenvalue weighted by Gasteiger charge is 2.30. The van der Waals surface area contributed by atoms with Crippen LogP contribution in [0, 0.1) is 5.92 Å². The third kappa shape index (κ3) is 5.62. The number of esters is 1. The van der Waals surface area contributed by atoms with Crippen LogP contribution >= 0.6 is 0 Å². The Labute approximate surface area is 210 Å². The second kappa shape index (κ2) is 11.4. The summed E-state index contributed by atoms with van der Waals surface area (Å²) in [4.78, 5) is 41.7. The van der Waals surface area contributed by atoms with Gasteiger partial charge in [-0.2, -0.15) is 0 Å². The molecule has 0 N–H and O–H groups in total. The second-order valence-electron chi connectivity index (χ2n) is 9.20. The number of rotatable bonds is 9. The predicted octanol–water partition coefficient (Wildman–Crippen LogP) is 2.12. The molecule has 0 bridgehead atoms. The fraction of sp³-hybridized carbons (Fsp3) is 0.444. The first-order valence-electron chi connectivity index (χ1n) is 12.2. The number of fused-ring (bicyclic) bond motifs is 1. The lowest BCUT2D eigenvalue weighted by Gasteiger charge is -2.21. The molecule has 3 heterocycles. The van der Waals surface area contributed by atoms with E-state index in [0.717, 1.165) is 11.3 Å². The van der Waals surface area contributed by atoms with Gasteiger partial charge in [0.15, 0.2) is 0 Å². The molecule has 1 aromatic carbocycles. The van der Waals surface area contributed by atoms with Crippen LogP contribution in [0.5, 0.6) is 11.5 Å². The number of likely N-dealkylation sites (tertiary alicyclic amines) is 1. The number of aromatic nitrogens is 1. The van der Waals surface area contributed by atoms with Crippen molar-refractivity contribution in [3.8, 4) is 11.5 Å². The third-order valence-electron chi connectivity index (χ3n) is 6.69. The van der Waals surface area contributed by atoms with Crippen molar-refractivity contribution in [3.05, 3.63) is 70.2 Å². The van der Waals surface area contributed by atoms with Crippen LogP contribution < -0.4 is 15.0 Å². The average Bonchev–Trinajstić information content (AvgIpc) is 3.06. The van der Waals surface area contributed by atoms with Gasteiger partial charge in [0, 0.05) is 75.9 Å². The molecule has 0 aliphatic carbocycles. The molecule has 0 radical (unpaired) electrons. The van der Waals surface area contributed by atoms with Crippen molar-refractivity contribution in [2.45, 2.75) is 25.9 Å². The minimum atomic E-state index is -0.537.